The van der Waals surface area contributed by atoms with Gasteiger partial charge in [-0.05, 0) is 31.0 Å². The van der Waals surface area contributed by atoms with Crippen LogP contribution in [0.2, 0.25) is 5.02 Å². The first-order chi connectivity index (χ1) is 8.56. The number of benzene rings is 1. The summed E-state index contributed by atoms with van der Waals surface area (Å²) >= 11 is 7.38. The van der Waals surface area contributed by atoms with Crippen LogP contribution in [0.15, 0.2) is 23.1 Å². The zero-order valence-corrected chi connectivity index (χ0v) is 12.3. The number of amides is 1. The Morgan fingerprint density at radius 2 is 2.11 bits per heavy atom. The zero-order chi connectivity index (χ0) is 13.5. The number of nitrogens with two attached hydrogens (primary N) is 1. The van der Waals surface area contributed by atoms with Crippen molar-refractivity contribution in [3.05, 3.63) is 23.2 Å². The first kappa shape index (κ1) is 15.2. The molecule has 3 N–H and O–H groups in total. The Morgan fingerprint density at radius 1 is 1.44 bits per heavy atom. The molecular formula is C13H19ClN2OS. The third kappa shape index (κ3) is 4.78. The van der Waals surface area contributed by atoms with Crippen LogP contribution in [-0.2, 0) is 4.79 Å². The molecule has 1 amide bonds. The van der Waals surface area contributed by atoms with Crippen LogP contribution in [0.1, 0.15) is 26.7 Å². The number of nitrogens with one attached hydrogen (secondary N) is 1. The average Bonchev–Trinajstić information content (AvgIpc) is 2.37. The highest BCUT2D eigenvalue weighted by atomic mass is 35.5. The maximum atomic E-state index is 11.7. The van der Waals surface area contributed by atoms with Crippen molar-refractivity contribution in [2.75, 3.05) is 11.5 Å². The predicted octanol–water partition coefficient (Wildman–Crippen LogP) is 3.32. The van der Waals surface area contributed by atoms with Crippen LogP contribution in [0.4, 0.5) is 5.69 Å². The molecule has 0 fully saturated rings. The second kappa shape index (κ2) is 7.54. The van der Waals surface area contributed by atoms with Gasteiger partial charge in [-0.1, -0.05) is 25.4 Å². The van der Waals surface area contributed by atoms with E-state index < -0.39 is 0 Å². The fourth-order valence-corrected chi connectivity index (χ4v) is 2.50. The Labute approximate surface area is 117 Å². The topological polar surface area (TPSA) is 55.1 Å². The molecule has 0 radical (unpaired) electrons. The van der Waals surface area contributed by atoms with Gasteiger partial charge in [0.2, 0.25) is 5.91 Å². The highest BCUT2D eigenvalue weighted by Crippen LogP contribution is 2.26. The Balaban J connectivity index is 2.44. The van der Waals surface area contributed by atoms with Crippen molar-refractivity contribution < 1.29 is 4.79 Å². The van der Waals surface area contributed by atoms with Crippen LogP contribution in [0.5, 0.6) is 0 Å². The van der Waals surface area contributed by atoms with Gasteiger partial charge in [0.05, 0.1) is 16.5 Å². The summed E-state index contributed by atoms with van der Waals surface area (Å²) < 4.78 is 0. The van der Waals surface area contributed by atoms with Crippen molar-refractivity contribution >= 4 is 35.0 Å². The van der Waals surface area contributed by atoms with E-state index in [0.29, 0.717) is 16.5 Å². The number of nitrogen functional groups attached to an aromatic ring is 1. The van der Waals surface area contributed by atoms with E-state index in [2.05, 4.69) is 19.2 Å². The largest absolute Gasteiger partial charge is 0.398 e. The molecule has 1 aromatic rings. The highest BCUT2D eigenvalue weighted by molar-refractivity contribution is 8.00. The molecule has 1 aromatic carbocycles. The first-order valence-corrected chi connectivity index (χ1v) is 7.40. The van der Waals surface area contributed by atoms with Gasteiger partial charge < -0.3 is 11.1 Å². The maximum absolute atomic E-state index is 11.7. The van der Waals surface area contributed by atoms with Crippen molar-refractivity contribution in [3.8, 4) is 0 Å². The molecule has 0 bridgehead atoms. The van der Waals surface area contributed by atoms with Crippen LogP contribution in [0.25, 0.3) is 0 Å². The Morgan fingerprint density at radius 3 is 2.67 bits per heavy atom. The first-order valence-electron chi connectivity index (χ1n) is 6.04. The summed E-state index contributed by atoms with van der Waals surface area (Å²) in [6.07, 6.45) is 1.92. The van der Waals surface area contributed by atoms with Gasteiger partial charge in [0.25, 0.3) is 0 Å². The molecule has 18 heavy (non-hydrogen) atoms. The quantitative estimate of drug-likeness (QED) is 0.623. The number of carbonyl (C=O) groups excluding carboxylic acids is 1. The summed E-state index contributed by atoms with van der Waals surface area (Å²) in [5, 5.41) is 3.52. The van der Waals surface area contributed by atoms with Gasteiger partial charge in [0.15, 0.2) is 0 Å². The molecule has 0 aliphatic carbocycles. The minimum Gasteiger partial charge on any atom is -0.398 e. The molecule has 3 nitrogen and oxygen atoms in total. The summed E-state index contributed by atoms with van der Waals surface area (Å²) in [5.74, 6) is 0.457. The number of rotatable bonds is 6. The third-order valence-electron chi connectivity index (χ3n) is 2.69. The van der Waals surface area contributed by atoms with Gasteiger partial charge in [-0.15, -0.1) is 11.8 Å². The lowest BCUT2D eigenvalue weighted by molar-refractivity contribution is -0.119. The van der Waals surface area contributed by atoms with E-state index in [0.717, 1.165) is 17.7 Å². The molecule has 0 saturated heterocycles. The molecule has 0 saturated carbocycles. The van der Waals surface area contributed by atoms with Gasteiger partial charge in [-0.25, -0.2) is 0 Å². The van der Waals surface area contributed by atoms with Gasteiger partial charge in [0.1, 0.15) is 0 Å². The monoisotopic (exact) mass is 286 g/mol. The van der Waals surface area contributed by atoms with Gasteiger partial charge in [-0.2, -0.15) is 0 Å². The molecule has 0 unspecified atom stereocenters. The van der Waals surface area contributed by atoms with E-state index in [9.17, 15) is 4.79 Å². The number of anilines is 1. The van der Waals surface area contributed by atoms with Crippen molar-refractivity contribution in [1.29, 1.82) is 0 Å². The minimum absolute atomic E-state index is 0.0571. The smallest absolute Gasteiger partial charge is 0.230 e. The summed E-state index contributed by atoms with van der Waals surface area (Å²) in [6, 6.07) is 5.68. The van der Waals surface area contributed by atoms with E-state index in [1.807, 2.05) is 6.07 Å². The van der Waals surface area contributed by atoms with E-state index in [1.54, 1.807) is 12.1 Å². The molecule has 100 valence electrons. The van der Waals surface area contributed by atoms with Crippen LogP contribution in [0.3, 0.4) is 0 Å². The lowest BCUT2D eigenvalue weighted by atomic mass is 10.2. The van der Waals surface area contributed by atoms with E-state index in [1.165, 1.54) is 11.8 Å². The highest BCUT2D eigenvalue weighted by Gasteiger charge is 2.09. The summed E-state index contributed by atoms with van der Waals surface area (Å²) in [5.41, 5.74) is 6.18. The van der Waals surface area contributed by atoms with E-state index >= 15 is 0 Å². The lowest BCUT2D eigenvalue weighted by Crippen LogP contribution is -2.34. The fraction of sp³-hybridized carbons (Fsp3) is 0.462. The molecule has 0 aliphatic heterocycles. The predicted molar refractivity (Wildman–Crippen MR) is 79.1 cm³/mol. The van der Waals surface area contributed by atoms with Gasteiger partial charge >= 0.3 is 0 Å². The van der Waals surface area contributed by atoms with Crippen molar-refractivity contribution in [2.45, 2.75) is 37.6 Å². The Bertz CT molecular complexity index is 408. The second-order valence-corrected chi connectivity index (χ2v) is 5.51. The normalized spacial score (nSPS) is 10.7. The third-order valence-corrected chi connectivity index (χ3v) is 4.01. The van der Waals surface area contributed by atoms with Crippen LogP contribution in [-0.4, -0.2) is 17.7 Å². The van der Waals surface area contributed by atoms with Crippen LogP contribution >= 0.6 is 23.4 Å². The van der Waals surface area contributed by atoms with Crippen molar-refractivity contribution in [1.82, 2.24) is 5.32 Å². The maximum Gasteiger partial charge on any atom is 0.230 e. The Hall–Kier alpha value is -0.870. The molecule has 0 atom stereocenters. The second-order valence-electron chi connectivity index (χ2n) is 4.05. The molecule has 0 aromatic heterocycles. The number of halogens is 1. The van der Waals surface area contributed by atoms with Crippen LogP contribution in [0, 0.1) is 0 Å². The van der Waals surface area contributed by atoms with Crippen molar-refractivity contribution in [2.24, 2.45) is 0 Å². The number of carbonyl (C=O) groups is 1. The molecule has 0 heterocycles. The zero-order valence-electron chi connectivity index (χ0n) is 10.7. The van der Waals surface area contributed by atoms with E-state index in [-0.39, 0.29) is 11.9 Å². The number of hydrogen-bond acceptors (Lipinski definition) is 3. The molecule has 0 spiro atoms. The fourth-order valence-electron chi connectivity index (χ4n) is 1.51. The number of thioether (sulfide) groups is 1. The molecule has 1 rings (SSSR count). The average molecular weight is 287 g/mol. The SMILES string of the molecule is CCC(CC)NC(=O)CSc1ccc(N)c(Cl)c1. The van der Waals surface area contributed by atoms with Gasteiger partial charge in [-0.3, -0.25) is 4.79 Å². The molecule has 0 aliphatic rings. The summed E-state index contributed by atoms with van der Waals surface area (Å²) in [6.45, 7) is 4.14. The Kier molecular flexibility index (Phi) is 6.36. The summed E-state index contributed by atoms with van der Waals surface area (Å²) in [4.78, 5) is 12.7. The molecular weight excluding hydrogens is 268 g/mol. The number of hydrogen-bond donors (Lipinski definition) is 2. The van der Waals surface area contributed by atoms with Crippen LogP contribution < -0.4 is 11.1 Å². The lowest BCUT2D eigenvalue weighted by Gasteiger charge is -2.14. The standard InChI is InChI=1S/C13H19ClN2OS/c1-3-9(4-2)16-13(17)8-18-10-5-6-12(15)11(14)7-10/h5-7,9H,3-4,8,15H2,1-2H3,(H,16,17). The molecule has 5 heteroatoms. The minimum atomic E-state index is 0.0571. The summed E-state index contributed by atoms with van der Waals surface area (Å²) in [7, 11) is 0. The van der Waals surface area contributed by atoms with Crippen molar-refractivity contribution in [3.63, 3.8) is 0 Å². The van der Waals surface area contributed by atoms with E-state index in [4.69, 9.17) is 17.3 Å². The van der Waals surface area contributed by atoms with Gasteiger partial charge in [0, 0.05) is 10.9 Å².